The molecule has 2 saturated carbocycles. The number of aldehydes is 1. The van der Waals surface area contributed by atoms with Gasteiger partial charge in [0, 0.05) is 18.3 Å². The van der Waals surface area contributed by atoms with Gasteiger partial charge in [-0.2, -0.15) is 0 Å². The zero-order valence-corrected chi connectivity index (χ0v) is 14.6. The summed E-state index contributed by atoms with van der Waals surface area (Å²) in [6, 6.07) is 6.45. The fourth-order valence-electron chi connectivity index (χ4n) is 6.25. The van der Waals surface area contributed by atoms with Gasteiger partial charge in [-0.3, -0.25) is 4.79 Å². The predicted octanol–water partition coefficient (Wildman–Crippen LogP) is 4.08. The third-order valence-electron chi connectivity index (χ3n) is 7.59. The van der Waals surface area contributed by atoms with Crippen LogP contribution in [0.1, 0.15) is 62.5 Å². The Morgan fingerprint density at radius 2 is 2.08 bits per heavy atom. The molecule has 0 spiro atoms. The lowest BCUT2D eigenvalue weighted by Gasteiger charge is -2.56. The van der Waals surface area contributed by atoms with Gasteiger partial charge in [-0.25, -0.2) is 0 Å². The summed E-state index contributed by atoms with van der Waals surface area (Å²) in [6.45, 7) is 2.14. The summed E-state index contributed by atoms with van der Waals surface area (Å²) < 4.78 is 5.38. The smallest absolute Gasteiger partial charge is 0.139 e. The Balaban J connectivity index is 1.78. The first kappa shape index (κ1) is 15.9. The molecule has 1 aromatic rings. The number of rotatable bonds is 3. The highest BCUT2D eigenvalue weighted by Crippen LogP contribution is 2.68. The average molecular weight is 326 g/mol. The minimum atomic E-state index is -0.293. The molecule has 128 valence electrons. The largest absolute Gasteiger partial charge is 0.497 e. The van der Waals surface area contributed by atoms with Gasteiger partial charge in [0.1, 0.15) is 17.8 Å². The minimum Gasteiger partial charge on any atom is -0.497 e. The summed E-state index contributed by atoms with van der Waals surface area (Å²) in [4.78, 5) is 24.2. The summed E-state index contributed by atoms with van der Waals surface area (Å²) >= 11 is 0. The number of carbonyl (C=O) groups is 2. The summed E-state index contributed by atoms with van der Waals surface area (Å²) in [5, 5.41) is 0. The Hall–Kier alpha value is -1.64. The van der Waals surface area contributed by atoms with Gasteiger partial charge in [0.2, 0.25) is 0 Å². The normalized spacial score (nSPS) is 37.3. The van der Waals surface area contributed by atoms with Crippen LogP contribution in [-0.4, -0.2) is 19.2 Å². The zero-order chi connectivity index (χ0) is 16.9. The van der Waals surface area contributed by atoms with E-state index in [2.05, 4.69) is 25.1 Å². The highest BCUT2D eigenvalue weighted by Gasteiger charge is 2.64. The van der Waals surface area contributed by atoms with Crippen LogP contribution in [0.15, 0.2) is 18.2 Å². The maximum Gasteiger partial charge on any atom is 0.139 e. The van der Waals surface area contributed by atoms with Gasteiger partial charge in [-0.1, -0.05) is 13.0 Å². The Labute approximate surface area is 143 Å². The van der Waals surface area contributed by atoms with Crippen LogP contribution in [0.25, 0.3) is 0 Å². The first-order valence-electron chi connectivity index (χ1n) is 9.19. The van der Waals surface area contributed by atoms with Gasteiger partial charge in [-0.15, -0.1) is 0 Å². The van der Waals surface area contributed by atoms with E-state index in [1.807, 2.05) is 0 Å². The lowest BCUT2D eigenvalue weighted by Crippen LogP contribution is -2.51. The molecule has 0 N–H and O–H groups in total. The lowest BCUT2D eigenvalue weighted by atomic mass is 9.47. The molecule has 4 atom stereocenters. The van der Waals surface area contributed by atoms with Crippen LogP contribution in [0.3, 0.4) is 0 Å². The fraction of sp³-hybridized carbons (Fsp3) is 0.619. The monoisotopic (exact) mass is 326 g/mol. The number of aryl methyl sites for hydroxylation is 1. The van der Waals surface area contributed by atoms with E-state index in [0.29, 0.717) is 30.5 Å². The van der Waals surface area contributed by atoms with Gasteiger partial charge < -0.3 is 9.53 Å². The standard InChI is InChI=1S/C21H26O3/c1-20-9-7-17-16-5-4-15(24-2)13-14(16)3-6-18(17)21(20,11-12-22)10-8-19(20)23/h4-5,12-13,17-18H,3,6-11H2,1-2H3/t17-,18+,20-,21+/m1/s1. The highest BCUT2D eigenvalue weighted by atomic mass is 16.5. The van der Waals surface area contributed by atoms with E-state index in [1.165, 1.54) is 11.1 Å². The van der Waals surface area contributed by atoms with Crippen LogP contribution in [-0.2, 0) is 16.0 Å². The van der Waals surface area contributed by atoms with Crippen LogP contribution in [0.5, 0.6) is 5.75 Å². The lowest BCUT2D eigenvalue weighted by molar-refractivity contribution is -0.138. The molecule has 0 aliphatic heterocycles. The minimum absolute atomic E-state index is 0.119. The highest BCUT2D eigenvalue weighted by molar-refractivity contribution is 5.88. The molecule has 3 aliphatic rings. The predicted molar refractivity (Wildman–Crippen MR) is 92.2 cm³/mol. The van der Waals surface area contributed by atoms with Gasteiger partial charge in [0.05, 0.1) is 7.11 Å². The summed E-state index contributed by atoms with van der Waals surface area (Å²) in [7, 11) is 1.71. The number of ether oxygens (including phenoxy) is 1. The van der Waals surface area contributed by atoms with Crippen LogP contribution in [0, 0.1) is 16.7 Å². The maximum atomic E-state index is 12.7. The van der Waals surface area contributed by atoms with Crippen LogP contribution in [0.4, 0.5) is 0 Å². The molecule has 2 fully saturated rings. The van der Waals surface area contributed by atoms with Crippen molar-refractivity contribution in [3.63, 3.8) is 0 Å². The second kappa shape index (κ2) is 5.44. The second-order valence-electron chi connectivity index (χ2n) is 8.14. The topological polar surface area (TPSA) is 43.4 Å². The molecule has 0 heterocycles. The molecular weight excluding hydrogens is 300 g/mol. The first-order chi connectivity index (χ1) is 11.6. The molecule has 0 radical (unpaired) electrons. The number of hydrogen-bond donors (Lipinski definition) is 0. The molecule has 3 nitrogen and oxygen atoms in total. The molecule has 4 rings (SSSR count). The third-order valence-corrected chi connectivity index (χ3v) is 7.59. The Kier molecular flexibility index (Phi) is 3.59. The molecule has 0 bridgehead atoms. The van der Waals surface area contributed by atoms with E-state index in [4.69, 9.17) is 4.74 Å². The number of fused-ring (bicyclic) bond motifs is 5. The van der Waals surface area contributed by atoms with Gasteiger partial charge in [0.15, 0.2) is 0 Å². The van der Waals surface area contributed by atoms with Crippen LogP contribution in [0.2, 0.25) is 0 Å². The van der Waals surface area contributed by atoms with Crippen LogP contribution < -0.4 is 4.74 Å². The van der Waals surface area contributed by atoms with Crippen molar-refractivity contribution in [2.45, 2.75) is 57.8 Å². The Bertz CT molecular complexity index is 694. The van der Waals surface area contributed by atoms with E-state index in [9.17, 15) is 9.59 Å². The summed E-state index contributed by atoms with van der Waals surface area (Å²) in [5.74, 6) is 2.25. The molecule has 1 aromatic carbocycles. The molecule has 3 heteroatoms. The van der Waals surface area contributed by atoms with E-state index >= 15 is 0 Å². The number of hydrogen-bond acceptors (Lipinski definition) is 3. The number of benzene rings is 1. The Morgan fingerprint density at radius 1 is 1.25 bits per heavy atom. The maximum absolute atomic E-state index is 12.7. The van der Waals surface area contributed by atoms with Crippen molar-refractivity contribution in [2.75, 3.05) is 7.11 Å². The van der Waals surface area contributed by atoms with Crippen LogP contribution >= 0.6 is 0 Å². The van der Waals surface area contributed by atoms with Crippen molar-refractivity contribution in [3.05, 3.63) is 29.3 Å². The second-order valence-corrected chi connectivity index (χ2v) is 8.14. The SMILES string of the molecule is COc1ccc2c(c1)CC[C@H]1[C@@H]2CC[C@]2(C)C(=O)CC[C@]12CC=O. The van der Waals surface area contributed by atoms with Crippen molar-refractivity contribution in [1.29, 1.82) is 0 Å². The van der Waals surface area contributed by atoms with E-state index < -0.39 is 0 Å². The Morgan fingerprint density at radius 3 is 2.83 bits per heavy atom. The van der Waals surface area contributed by atoms with Crippen molar-refractivity contribution in [3.8, 4) is 5.75 Å². The average Bonchev–Trinajstić information content (AvgIpc) is 2.86. The molecule has 24 heavy (non-hydrogen) atoms. The number of ketones is 1. The molecule has 0 saturated heterocycles. The van der Waals surface area contributed by atoms with E-state index in [-0.39, 0.29) is 10.8 Å². The third kappa shape index (κ3) is 1.90. The summed E-state index contributed by atoms with van der Waals surface area (Å²) in [6.07, 6.45) is 7.26. The number of carbonyl (C=O) groups excluding carboxylic acids is 2. The van der Waals surface area contributed by atoms with Gasteiger partial charge in [-0.05, 0) is 72.6 Å². The van der Waals surface area contributed by atoms with Gasteiger partial charge >= 0.3 is 0 Å². The van der Waals surface area contributed by atoms with Gasteiger partial charge in [0.25, 0.3) is 0 Å². The van der Waals surface area contributed by atoms with E-state index in [1.54, 1.807) is 7.11 Å². The molecular formula is C21H26O3. The van der Waals surface area contributed by atoms with Crippen molar-refractivity contribution in [1.82, 2.24) is 0 Å². The first-order valence-corrected chi connectivity index (χ1v) is 9.19. The molecule has 0 unspecified atom stereocenters. The zero-order valence-electron chi connectivity index (χ0n) is 14.6. The molecule has 0 aromatic heterocycles. The van der Waals surface area contributed by atoms with Crippen molar-refractivity contribution >= 4 is 12.1 Å². The number of methoxy groups -OCH3 is 1. The molecule has 0 amide bonds. The fourth-order valence-corrected chi connectivity index (χ4v) is 6.25. The summed E-state index contributed by atoms with van der Waals surface area (Å²) in [5.41, 5.74) is 2.41. The van der Waals surface area contributed by atoms with E-state index in [0.717, 1.165) is 44.1 Å². The van der Waals surface area contributed by atoms with Crippen molar-refractivity contribution < 1.29 is 14.3 Å². The number of Topliss-reactive ketones (excluding diaryl/α,β-unsaturated/α-hetero) is 1. The quantitative estimate of drug-likeness (QED) is 0.786. The molecule has 3 aliphatic carbocycles. The van der Waals surface area contributed by atoms with Crippen molar-refractivity contribution in [2.24, 2.45) is 16.7 Å².